The van der Waals surface area contributed by atoms with Crippen molar-refractivity contribution in [3.63, 3.8) is 0 Å². The topological polar surface area (TPSA) is 151 Å². The molecule has 1 N–H and O–H groups in total. The van der Waals surface area contributed by atoms with E-state index >= 15 is 0 Å². The van der Waals surface area contributed by atoms with Gasteiger partial charge in [0.15, 0.2) is 0 Å². The minimum absolute atomic E-state index is 0.0771. The molecule has 1 amide bonds. The Morgan fingerprint density at radius 3 is 1.88 bits per heavy atom. The van der Waals surface area contributed by atoms with Gasteiger partial charge in [-0.2, -0.15) is 0 Å². The van der Waals surface area contributed by atoms with E-state index in [0.29, 0.717) is 5.56 Å². The second-order valence-corrected chi connectivity index (χ2v) is 12.2. The zero-order valence-electron chi connectivity index (χ0n) is 26.7. The number of likely N-dealkylation sites (tertiary alicyclic amines) is 1. The molecule has 0 aromatic heterocycles. The van der Waals surface area contributed by atoms with Gasteiger partial charge in [-0.3, -0.25) is 20.2 Å². The Bertz CT molecular complexity index is 1780. The largest absolute Gasteiger partial charge is 0.458 e. The Hall–Kier alpha value is -5.95. The average molecular weight is 643 g/mol. The summed E-state index contributed by atoms with van der Waals surface area (Å²) in [6.07, 6.45) is -1.24. The highest BCUT2D eigenvalue weighted by atomic mass is 16.6. The molecule has 0 bridgehead atoms. The van der Waals surface area contributed by atoms with E-state index in [9.17, 15) is 25.2 Å². The zero-order chi connectivity index (χ0) is 34.3. The van der Waals surface area contributed by atoms with Crippen LogP contribution in [-0.4, -0.2) is 45.6 Å². The van der Waals surface area contributed by atoms with Gasteiger partial charge in [-0.05, 0) is 55.1 Å². The molecule has 0 radical (unpaired) electrons. The lowest BCUT2D eigenvalue weighted by Gasteiger charge is -2.51. The Balaban J connectivity index is 1.54. The summed E-state index contributed by atoms with van der Waals surface area (Å²) in [5.41, 5.74) is 10.7. The Morgan fingerprint density at radius 2 is 1.44 bits per heavy atom. The van der Waals surface area contributed by atoms with E-state index in [0.717, 1.165) is 16.7 Å². The van der Waals surface area contributed by atoms with Gasteiger partial charge in [-0.25, -0.2) is 4.79 Å². The Kier molecular flexibility index (Phi) is 9.90. The van der Waals surface area contributed by atoms with E-state index in [1.54, 1.807) is 20.8 Å². The van der Waals surface area contributed by atoms with E-state index in [2.05, 4.69) is 27.2 Å². The molecule has 1 heterocycles. The van der Waals surface area contributed by atoms with Gasteiger partial charge < -0.3 is 9.64 Å². The molecular weight excluding hydrogens is 608 g/mol. The van der Waals surface area contributed by atoms with Crippen LogP contribution < -0.4 is 5.32 Å². The van der Waals surface area contributed by atoms with Crippen molar-refractivity contribution in [3.05, 3.63) is 158 Å². The lowest BCUT2D eigenvalue weighted by Crippen LogP contribution is -2.75. The maximum absolute atomic E-state index is 14.2. The van der Waals surface area contributed by atoms with Crippen LogP contribution in [0, 0.1) is 22.0 Å². The van der Waals surface area contributed by atoms with Crippen LogP contribution >= 0.6 is 0 Å². The van der Waals surface area contributed by atoms with E-state index in [4.69, 9.17) is 4.74 Å². The first-order valence-corrected chi connectivity index (χ1v) is 15.3. The maximum atomic E-state index is 14.2. The summed E-state index contributed by atoms with van der Waals surface area (Å²) in [5.74, 6) is 4.65. The summed E-state index contributed by atoms with van der Waals surface area (Å²) >= 11 is 0. The molecule has 1 fully saturated rings. The molecule has 0 spiro atoms. The van der Waals surface area contributed by atoms with Gasteiger partial charge in [0.1, 0.15) is 23.9 Å². The highest BCUT2D eigenvalue weighted by Gasteiger charge is 2.55. The molecule has 1 aliphatic rings. The van der Waals surface area contributed by atoms with Crippen LogP contribution in [0.25, 0.3) is 10.4 Å². The first-order chi connectivity index (χ1) is 23.0. The van der Waals surface area contributed by atoms with Crippen LogP contribution in [-0.2, 0) is 19.9 Å². The number of non-ortho nitro benzene ring substituents is 1. The number of nitro benzene ring substituents is 1. The normalized spacial score (nSPS) is 16.4. The molecule has 48 heavy (non-hydrogen) atoms. The number of carbonyl (C=O) groups is 2. The van der Waals surface area contributed by atoms with Crippen molar-refractivity contribution in [2.75, 3.05) is 0 Å². The minimum Gasteiger partial charge on any atom is -0.458 e. The lowest BCUT2D eigenvalue weighted by atomic mass is 9.75. The number of ether oxygens (including phenoxy) is 1. The van der Waals surface area contributed by atoms with Crippen molar-refractivity contribution in [3.8, 4) is 11.8 Å². The average Bonchev–Trinajstić information content (AvgIpc) is 3.08. The quantitative estimate of drug-likeness (QED) is 0.0241. The van der Waals surface area contributed by atoms with E-state index in [1.807, 2.05) is 91.0 Å². The van der Waals surface area contributed by atoms with Crippen molar-refractivity contribution in [1.29, 1.82) is 0 Å². The van der Waals surface area contributed by atoms with Crippen molar-refractivity contribution < 1.29 is 19.2 Å². The number of hydrogen-bond acceptors (Lipinski definition) is 7. The fourth-order valence-electron chi connectivity index (χ4n) is 5.78. The molecule has 11 nitrogen and oxygen atoms in total. The number of amides is 1. The van der Waals surface area contributed by atoms with Gasteiger partial charge in [-0.1, -0.05) is 108 Å². The summed E-state index contributed by atoms with van der Waals surface area (Å²) in [5, 5.41) is 18.6. The predicted molar refractivity (Wildman–Crippen MR) is 180 cm³/mol. The molecule has 3 atom stereocenters. The Morgan fingerprint density at radius 1 is 0.938 bits per heavy atom. The summed E-state index contributed by atoms with van der Waals surface area (Å²) in [6.45, 7) is 5.14. The number of benzene rings is 4. The number of β-lactam (4-membered cyclic amide) rings is 1. The third-order valence-corrected chi connectivity index (χ3v) is 7.89. The molecule has 4 aromatic carbocycles. The Labute approximate surface area is 278 Å². The molecule has 5 rings (SSSR count). The predicted octanol–water partition coefficient (Wildman–Crippen LogP) is 6.48. The second kappa shape index (κ2) is 14.2. The summed E-state index contributed by atoms with van der Waals surface area (Å²) in [4.78, 5) is 42.6. The maximum Gasteiger partial charge on any atom is 0.330 e. The summed E-state index contributed by atoms with van der Waals surface area (Å²) in [6, 6.07) is 32.5. The molecule has 0 aliphatic carbocycles. The fourth-order valence-corrected chi connectivity index (χ4v) is 5.78. The molecule has 1 aliphatic heterocycles. The number of hydrogen-bond donors (Lipinski definition) is 1. The number of esters is 1. The smallest absolute Gasteiger partial charge is 0.330 e. The van der Waals surface area contributed by atoms with E-state index in [-0.39, 0.29) is 12.1 Å². The number of nitrogens with zero attached hydrogens (tertiary/aromatic N) is 5. The first kappa shape index (κ1) is 33.4. The van der Waals surface area contributed by atoms with Crippen LogP contribution in [0.4, 0.5) is 5.69 Å². The molecule has 11 heteroatoms. The third kappa shape index (κ3) is 7.05. The van der Waals surface area contributed by atoms with Crippen molar-refractivity contribution >= 4 is 17.6 Å². The zero-order valence-corrected chi connectivity index (χ0v) is 26.7. The molecule has 1 saturated heterocycles. The van der Waals surface area contributed by atoms with Crippen LogP contribution in [0.5, 0.6) is 0 Å². The van der Waals surface area contributed by atoms with Crippen LogP contribution in [0.2, 0.25) is 0 Å². The number of azide groups is 1. The van der Waals surface area contributed by atoms with Crippen LogP contribution in [0.15, 0.2) is 120 Å². The van der Waals surface area contributed by atoms with Gasteiger partial charge in [0.05, 0.1) is 10.5 Å². The third-order valence-electron chi connectivity index (χ3n) is 7.89. The lowest BCUT2D eigenvalue weighted by molar-refractivity contribution is -0.384. The monoisotopic (exact) mass is 642 g/mol. The SMILES string of the molecule is CC(C)(C)OC(=O)C(CC#Cc1ccc([N+](=O)[O-])cc1)N1C(=O)[C@@H](NC(c2ccccc2)(c2ccccc2)c2ccccc2)[C@H]1N=[N+]=[N-]. The fraction of sp³-hybridized carbons (Fsp3) is 0.243. The van der Waals surface area contributed by atoms with Crippen LogP contribution in [0.1, 0.15) is 49.4 Å². The van der Waals surface area contributed by atoms with Crippen molar-refractivity contribution in [1.82, 2.24) is 10.2 Å². The molecule has 0 saturated carbocycles. The van der Waals surface area contributed by atoms with Crippen molar-refractivity contribution in [2.45, 2.75) is 56.6 Å². The number of nitrogens with one attached hydrogen (secondary N) is 1. The molecular formula is C37H34N6O5. The highest BCUT2D eigenvalue weighted by Crippen LogP contribution is 2.40. The van der Waals surface area contributed by atoms with Gasteiger partial charge >= 0.3 is 5.97 Å². The van der Waals surface area contributed by atoms with Crippen LogP contribution in [0.3, 0.4) is 0 Å². The van der Waals surface area contributed by atoms with Gasteiger partial charge in [-0.15, -0.1) is 0 Å². The highest BCUT2D eigenvalue weighted by molar-refractivity contribution is 5.94. The van der Waals surface area contributed by atoms with E-state index < -0.39 is 46.2 Å². The number of nitro groups is 1. The second-order valence-electron chi connectivity index (χ2n) is 12.2. The van der Waals surface area contributed by atoms with E-state index in [1.165, 1.54) is 29.2 Å². The summed E-state index contributed by atoms with van der Waals surface area (Å²) in [7, 11) is 0. The molecule has 4 aromatic rings. The molecule has 242 valence electrons. The minimum atomic E-state index is -1.20. The van der Waals surface area contributed by atoms with Gasteiger partial charge in [0.25, 0.3) is 5.69 Å². The van der Waals surface area contributed by atoms with Gasteiger partial charge in [0, 0.05) is 29.0 Å². The van der Waals surface area contributed by atoms with Gasteiger partial charge in [0.2, 0.25) is 5.91 Å². The summed E-state index contributed by atoms with van der Waals surface area (Å²) < 4.78 is 5.69. The first-order valence-electron chi connectivity index (χ1n) is 15.3. The number of carbonyl (C=O) groups excluding carboxylic acids is 2. The standard InChI is InChI=1S/C37H34N6O5/c1-36(2,3)48-35(45)31(21-13-14-26-22-24-30(25-23-26)43(46)47)42-33(40-41-38)32(34(42)44)39-37(27-15-7-4-8-16-27,28-17-9-5-10-18-28)29-19-11-6-12-20-29/h4-12,15-20,22-25,31-33,39H,21H2,1-3H3/t31?,32-,33-/m0/s1. The number of rotatable bonds is 10. The molecule has 1 unspecified atom stereocenters. The van der Waals surface area contributed by atoms with Crippen molar-refractivity contribution in [2.24, 2.45) is 5.11 Å².